The molecule has 1 saturated heterocycles. The molecule has 6 heteroatoms. The SMILES string of the molecule is Cc1nc(Cl)ccc1NC(=O)CC1CNCCO1. The summed E-state index contributed by atoms with van der Waals surface area (Å²) < 4.78 is 5.48. The number of aryl methyl sites for hydroxylation is 1. The molecule has 98 valence electrons. The fourth-order valence-corrected chi connectivity index (χ4v) is 2.01. The van der Waals surface area contributed by atoms with E-state index < -0.39 is 0 Å². The van der Waals surface area contributed by atoms with Gasteiger partial charge in [-0.05, 0) is 19.1 Å². The van der Waals surface area contributed by atoms with E-state index in [1.165, 1.54) is 0 Å². The Hall–Kier alpha value is -1.17. The zero-order valence-electron chi connectivity index (χ0n) is 10.2. The van der Waals surface area contributed by atoms with E-state index in [9.17, 15) is 4.79 Å². The van der Waals surface area contributed by atoms with Crippen LogP contribution in [0.1, 0.15) is 12.1 Å². The lowest BCUT2D eigenvalue weighted by molar-refractivity contribution is -0.119. The molecule has 1 unspecified atom stereocenters. The highest BCUT2D eigenvalue weighted by Gasteiger charge is 2.17. The molecule has 5 nitrogen and oxygen atoms in total. The Morgan fingerprint density at radius 1 is 1.67 bits per heavy atom. The summed E-state index contributed by atoms with van der Waals surface area (Å²) in [5.74, 6) is -0.0732. The van der Waals surface area contributed by atoms with E-state index in [-0.39, 0.29) is 12.0 Å². The van der Waals surface area contributed by atoms with Crippen molar-refractivity contribution in [3.8, 4) is 0 Å². The van der Waals surface area contributed by atoms with E-state index in [1.807, 2.05) is 0 Å². The van der Waals surface area contributed by atoms with Gasteiger partial charge in [0.1, 0.15) is 5.15 Å². The van der Waals surface area contributed by atoms with Crippen LogP contribution in [-0.4, -0.2) is 36.7 Å². The molecule has 1 amide bonds. The number of halogens is 1. The molecule has 2 heterocycles. The van der Waals surface area contributed by atoms with Crippen LogP contribution in [0.4, 0.5) is 5.69 Å². The second kappa shape index (κ2) is 6.13. The highest BCUT2D eigenvalue weighted by molar-refractivity contribution is 6.29. The second-order valence-corrected chi connectivity index (χ2v) is 4.60. The maximum Gasteiger partial charge on any atom is 0.227 e. The number of nitrogens with zero attached hydrogens (tertiary/aromatic N) is 1. The van der Waals surface area contributed by atoms with Crippen LogP contribution >= 0.6 is 11.6 Å². The molecule has 1 aromatic heterocycles. The highest BCUT2D eigenvalue weighted by Crippen LogP contribution is 2.16. The lowest BCUT2D eigenvalue weighted by Crippen LogP contribution is -2.40. The average Bonchev–Trinajstić information content (AvgIpc) is 2.34. The van der Waals surface area contributed by atoms with Crippen molar-refractivity contribution in [2.24, 2.45) is 0 Å². The maximum atomic E-state index is 11.8. The van der Waals surface area contributed by atoms with Crippen molar-refractivity contribution in [2.45, 2.75) is 19.4 Å². The van der Waals surface area contributed by atoms with E-state index in [0.717, 1.165) is 6.54 Å². The van der Waals surface area contributed by atoms with Gasteiger partial charge in [0.25, 0.3) is 0 Å². The molecule has 0 saturated carbocycles. The van der Waals surface area contributed by atoms with Crippen LogP contribution in [0.15, 0.2) is 12.1 Å². The fraction of sp³-hybridized carbons (Fsp3) is 0.500. The van der Waals surface area contributed by atoms with Crippen molar-refractivity contribution >= 4 is 23.2 Å². The van der Waals surface area contributed by atoms with Crippen molar-refractivity contribution in [3.63, 3.8) is 0 Å². The monoisotopic (exact) mass is 269 g/mol. The summed E-state index contributed by atoms with van der Waals surface area (Å²) >= 11 is 5.76. The first kappa shape index (κ1) is 13.3. The number of carbonyl (C=O) groups is 1. The molecule has 1 aromatic rings. The summed E-state index contributed by atoms with van der Waals surface area (Å²) in [5.41, 5.74) is 1.40. The summed E-state index contributed by atoms with van der Waals surface area (Å²) in [6, 6.07) is 3.41. The van der Waals surface area contributed by atoms with E-state index in [0.29, 0.717) is 36.1 Å². The number of pyridine rings is 1. The molecule has 0 aliphatic carbocycles. The lowest BCUT2D eigenvalue weighted by atomic mass is 10.2. The third-order valence-corrected chi connectivity index (χ3v) is 2.95. The van der Waals surface area contributed by atoms with Crippen LogP contribution in [0.25, 0.3) is 0 Å². The van der Waals surface area contributed by atoms with Crippen molar-refractivity contribution in [1.82, 2.24) is 10.3 Å². The Balaban J connectivity index is 1.90. The van der Waals surface area contributed by atoms with Crippen molar-refractivity contribution in [2.75, 3.05) is 25.0 Å². The zero-order valence-corrected chi connectivity index (χ0v) is 11.0. The molecule has 0 spiro atoms. The van der Waals surface area contributed by atoms with Crippen molar-refractivity contribution < 1.29 is 9.53 Å². The molecule has 0 bridgehead atoms. The number of aromatic nitrogens is 1. The number of morpholine rings is 1. The number of anilines is 1. The first-order valence-electron chi connectivity index (χ1n) is 5.90. The van der Waals surface area contributed by atoms with E-state index in [2.05, 4.69) is 15.6 Å². The molecule has 0 aromatic carbocycles. The second-order valence-electron chi connectivity index (χ2n) is 4.22. The van der Waals surface area contributed by atoms with E-state index >= 15 is 0 Å². The van der Waals surface area contributed by atoms with Gasteiger partial charge in [-0.25, -0.2) is 4.98 Å². The number of carbonyl (C=O) groups excluding carboxylic acids is 1. The lowest BCUT2D eigenvalue weighted by Gasteiger charge is -2.23. The van der Waals surface area contributed by atoms with Gasteiger partial charge in [-0.1, -0.05) is 11.6 Å². The van der Waals surface area contributed by atoms with E-state index in [4.69, 9.17) is 16.3 Å². The van der Waals surface area contributed by atoms with Gasteiger partial charge in [0.2, 0.25) is 5.91 Å². The Morgan fingerprint density at radius 3 is 3.17 bits per heavy atom. The molecule has 1 aliphatic heterocycles. The van der Waals surface area contributed by atoms with Crippen LogP contribution in [-0.2, 0) is 9.53 Å². The van der Waals surface area contributed by atoms with Gasteiger partial charge < -0.3 is 15.4 Å². The largest absolute Gasteiger partial charge is 0.375 e. The fourth-order valence-electron chi connectivity index (χ4n) is 1.82. The summed E-state index contributed by atoms with van der Waals surface area (Å²) in [4.78, 5) is 15.9. The molecule has 1 aliphatic rings. The molecule has 2 rings (SSSR count). The number of hydrogen-bond donors (Lipinski definition) is 2. The predicted molar refractivity (Wildman–Crippen MR) is 69.8 cm³/mol. The molecule has 2 N–H and O–H groups in total. The number of rotatable bonds is 3. The minimum atomic E-state index is -0.0732. The Kier molecular flexibility index (Phi) is 4.52. The van der Waals surface area contributed by atoms with Gasteiger partial charge >= 0.3 is 0 Å². The molecule has 1 atom stereocenters. The molecule has 1 fully saturated rings. The predicted octanol–water partition coefficient (Wildman–Crippen LogP) is 1.36. The van der Waals surface area contributed by atoms with Gasteiger partial charge in [-0.3, -0.25) is 4.79 Å². The first-order valence-corrected chi connectivity index (χ1v) is 6.28. The Bertz CT molecular complexity index is 433. The number of amides is 1. The summed E-state index contributed by atoms with van der Waals surface area (Å²) in [6.45, 7) is 4.02. The quantitative estimate of drug-likeness (QED) is 0.814. The topological polar surface area (TPSA) is 63.2 Å². The van der Waals surface area contributed by atoms with Crippen molar-refractivity contribution in [3.05, 3.63) is 23.0 Å². The van der Waals surface area contributed by atoms with Crippen LogP contribution in [0.3, 0.4) is 0 Å². The molecular weight excluding hydrogens is 254 g/mol. The minimum absolute atomic E-state index is 0.0562. The third kappa shape index (κ3) is 3.66. The van der Waals surface area contributed by atoms with Gasteiger partial charge in [0.15, 0.2) is 0 Å². The average molecular weight is 270 g/mol. The van der Waals surface area contributed by atoms with Gasteiger partial charge in [-0.15, -0.1) is 0 Å². The first-order chi connectivity index (χ1) is 8.65. The summed E-state index contributed by atoms with van der Waals surface area (Å²) in [7, 11) is 0. The Morgan fingerprint density at radius 2 is 2.50 bits per heavy atom. The molecular formula is C12H16ClN3O2. The van der Waals surface area contributed by atoms with Gasteiger partial charge in [-0.2, -0.15) is 0 Å². The molecule has 0 radical (unpaired) electrons. The van der Waals surface area contributed by atoms with Crippen LogP contribution in [0.5, 0.6) is 0 Å². The van der Waals surface area contributed by atoms with Crippen molar-refractivity contribution in [1.29, 1.82) is 0 Å². The number of nitrogens with one attached hydrogen (secondary N) is 2. The summed E-state index contributed by atoms with van der Waals surface area (Å²) in [6.07, 6.45) is 0.286. The third-order valence-electron chi connectivity index (χ3n) is 2.74. The molecule has 18 heavy (non-hydrogen) atoms. The van der Waals surface area contributed by atoms with E-state index in [1.54, 1.807) is 19.1 Å². The minimum Gasteiger partial charge on any atom is -0.375 e. The van der Waals surface area contributed by atoms with Gasteiger partial charge in [0.05, 0.1) is 30.5 Å². The summed E-state index contributed by atoms with van der Waals surface area (Å²) in [5, 5.41) is 6.43. The van der Waals surface area contributed by atoms with Crippen LogP contribution in [0, 0.1) is 6.92 Å². The van der Waals surface area contributed by atoms with Crippen LogP contribution < -0.4 is 10.6 Å². The number of hydrogen-bond acceptors (Lipinski definition) is 4. The standard InChI is InChI=1S/C12H16ClN3O2/c1-8-10(2-3-11(13)15-8)16-12(17)6-9-7-14-4-5-18-9/h2-3,9,14H,4-7H2,1H3,(H,16,17). The zero-order chi connectivity index (χ0) is 13.0. The number of ether oxygens (including phenoxy) is 1. The maximum absolute atomic E-state index is 11.8. The Labute approximate surface area is 111 Å². The van der Waals surface area contributed by atoms with Crippen LogP contribution in [0.2, 0.25) is 5.15 Å². The smallest absolute Gasteiger partial charge is 0.227 e. The van der Waals surface area contributed by atoms with Gasteiger partial charge in [0, 0.05) is 13.1 Å². The normalized spacial score (nSPS) is 19.6. The highest BCUT2D eigenvalue weighted by atomic mass is 35.5.